The van der Waals surface area contributed by atoms with Crippen molar-refractivity contribution < 1.29 is 23.3 Å². The summed E-state index contributed by atoms with van der Waals surface area (Å²) in [7, 11) is 2.46. The summed E-state index contributed by atoms with van der Waals surface area (Å²) >= 11 is 0. The topological polar surface area (TPSA) is 113 Å². The first-order valence-electron chi connectivity index (χ1n) is 14.6. The first-order chi connectivity index (χ1) is 20.2. The largest absolute Gasteiger partial charge is 0.379 e. The van der Waals surface area contributed by atoms with Crippen molar-refractivity contribution >= 4 is 31.7 Å². The van der Waals surface area contributed by atoms with Crippen molar-refractivity contribution in [1.29, 1.82) is 0 Å². The number of imidazole rings is 1. The SMILES string of the molecule is [C-]#[N+]CCOP(OC1[C@@H]2OC[C@]1(CN1CCOCC1)O[C@H]2n1cnc2c(/N=C/N(C)C)ncnc21)C(C(C)C)C(C)C. The number of morpholine rings is 1. The summed E-state index contributed by atoms with van der Waals surface area (Å²) in [5.41, 5.74) is 0.676. The highest BCUT2D eigenvalue weighted by atomic mass is 31.2. The van der Waals surface area contributed by atoms with Crippen LogP contribution in [-0.4, -0.2) is 126 Å². The van der Waals surface area contributed by atoms with Gasteiger partial charge in [0.15, 0.2) is 31.6 Å². The molecule has 3 aliphatic rings. The lowest BCUT2D eigenvalue weighted by molar-refractivity contribution is -0.181. The third kappa shape index (κ3) is 6.45. The fraction of sp³-hybridized carbons (Fsp3) is 0.750. The number of aliphatic imine (C=N–C) groups is 1. The molecule has 5 heterocycles. The van der Waals surface area contributed by atoms with E-state index in [2.05, 4.69) is 57.4 Å². The smallest absolute Gasteiger partial charge is 0.238 e. The molecule has 0 radical (unpaired) electrons. The summed E-state index contributed by atoms with van der Waals surface area (Å²) in [5, 5.41) is 0. The molecule has 2 aromatic rings. The Morgan fingerprint density at radius 2 is 1.98 bits per heavy atom. The number of ether oxygens (including phenoxy) is 3. The molecule has 0 aromatic carbocycles. The second-order valence-electron chi connectivity index (χ2n) is 12.0. The van der Waals surface area contributed by atoms with E-state index in [1.807, 2.05) is 23.6 Å². The van der Waals surface area contributed by atoms with E-state index in [9.17, 15) is 0 Å². The van der Waals surface area contributed by atoms with E-state index in [4.69, 9.17) is 29.8 Å². The number of hydrogen-bond donors (Lipinski definition) is 0. The van der Waals surface area contributed by atoms with Gasteiger partial charge in [-0.15, -0.1) is 0 Å². The lowest BCUT2D eigenvalue weighted by Gasteiger charge is -2.39. The summed E-state index contributed by atoms with van der Waals surface area (Å²) in [6.07, 6.45) is 3.62. The minimum atomic E-state index is -1.34. The van der Waals surface area contributed by atoms with Crippen LogP contribution in [0.5, 0.6) is 0 Å². The van der Waals surface area contributed by atoms with Crippen LogP contribution in [0, 0.1) is 18.4 Å². The molecule has 42 heavy (non-hydrogen) atoms. The van der Waals surface area contributed by atoms with Gasteiger partial charge in [0, 0.05) is 39.4 Å². The van der Waals surface area contributed by atoms with Crippen LogP contribution in [0.25, 0.3) is 16.0 Å². The van der Waals surface area contributed by atoms with Crippen LogP contribution < -0.4 is 0 Å². The van der Waals surface area contributed by atoms with Crippen molar-refractivity contribution in [3.05, 3.63) is 24.1 Å². The molecule has 0 amide bonds. The average Bonchev–Trinajstić information content (AvgIpc) is 3.61. The molecule has 2 bridgehead atoms. The Morgan fingerprint density at radius 1 is 1.21 bits per heavy atom. The normalized spacial score (nSPS) is 27.2. The van der Waals surface area contributed by atoms with Gasteiger partial charge >= 0.3 is 0 Å². The van der Waals surface area contributed by atoms with Gasteiger partial charge in [-0.1, -0.05) is 27.7 Å². The van der Waals surface area contributed by atoms with Gasteiger partial charge in [-0.05, 0) is 11.8 Å². The van der Waals surface area contributed by atoms with Gasteiger partial charge in [0.2, 0.25) is 6.54 Å². The molecule has 0 N–H and O–H groups in total. The fourth-order valence-corrected chi connectivity index (χ4v) is 8.20. The Hall–Kier alpha value is -2.30. The highest BCUT2D eigenvalue weighted by Crippen LogP contribution is 2.57. The monoisotopic (exact) mass is 602 g/mol. The zero-order valence-electron chi connectivity index (χ0n) is 25.4. The number of fused-ring (bicyclic) bond motifs is 3. The summed E-state index contributed by atoms with van der Waals surface area (Å²) < 4.78 is 34.4. The van der Waals surface area contributed by atoms with Crippen LogP contribution in [0.3, 0.4) is 0 Å². The molecule has 14 heteroatoms. The predicted octanol–water partition coefficient (Wildman–Crippen LogP) is 3.36. The second-order valence-corrected chi connectivity index (χ2v) is 13.6. The zero-order valence-corrected chi connectivity index (χ0v) is 26.3. The van der Waals surface area contributed by atoms with Crippen molar-refractivity contribution in [2.45, 2.75) is 57.4 Å². The van der Waals surface area contributed by atoms with E-state index in [0.29, 0.717) is 68.3 Å². The molecule has 2 aromatic heterocycles. The van der Waals surface area contributed by atoms with Gasteiger partial charge < -0.3 is 33.0 Å². The molecule has 2 unspecified atom stereocenters. The summed E-state index contributed by atoms with van der Waals surface area (Å²) in [5.74, 6) is 1.17. The molecule has 0 aliphatic carbocycles. The lowest BCUT2D eigenvalue weighted by atomic mass is 9.98. The molecular formula is C28H43N8O5P. The minimum Gasteiger partial charge on any atom is -0.379 e. The second kappa shape index (κ2) is 13.6. The number of aromatic nitrogens is 4. The Morgan fingerprint density at radius 3 is 2.67 bits per heavy atom. The van der Waals surface area contributed by atoms with Crippen LogP contribution in [0.1, 0.15) is 33.9 Å². The van der Waals surface area contributed by atoms with Crippen LogP contribution in [0.2, 0.25) is 0 Å². The first-order valence-corrected chi connectivity index (χ1v) is 15.9. The van der Waals surface area contributed by atoms with Gasteiger partial charge in [0.05, 0.1) is 32.5 Å². The van der Waals surface area contributed by atoms with E-state index < -0.39 is 26.3 Å². The molecule has 3 aliphatic heterocycles. The zero-order chi connectivity index (χ0) is 29.9. The minimum absolute atomic E-state index is 0.184. The number of rotatable bonds is 13. The quantitative estimate of drug-likeness (QED) is 0.111. The predicted molar refractivity (Wildman–Crippen MR) is 160 cm³/mol. The molecule has 5 rings (SSSR count). The molecule has 13 nitrogen and oxygen atoms in total. The van der Waals surface area contributed by atoms with Gasteiger partial charge in [-0.25, -0.2) is 26.5 Å². The Balaban J connectivity index is 1.49. The van der Waals surface area contributed by atoms with Crippen LogP contribution in [-0.2, 0) is 23.3 Å². The average molecular weight is 603 g/mol. The third-order valence-electron chi connectivity index (χ3n) is 7.84. The Labute approximate surface area is 249 Å². The van der Waals surface area contributed by atoms with E-state index in [0.717, 1.165) is 13.1 Å². The molecule has 0 spiro atoms. The molecule has 0 saturated carbocycles. The summed E-state index contributed by atoms with van der Waals surface area (Å²) in [6, 6.07) is 0. The molecule has 3 saturated heterocycles. The maximum absolute atomic E-state index is 7.26. The fourth-order valence-electron chi connectivity index (χ4n) is 6.05. The third-order valence-corrected chi connectivity index (χ3v) is 10.4. The van der Waals surface area contributed by atoms with Crippen molar-refractivity contribution in [2.24, 2.45) is 16.8 Å². The van der Waals surface area contributed by atoms with E-state index >= 15 is 0 Å². The molecule has 230 valence electrons. The van der Waals surface area contributed by atoms with Gasteiger partial charge in [0.1, 0.15) is 30.7 Å². The van der Waals surface area contributed by atoms with Gasteiger partial charge in [-0.3, -0.25) is 9.47 Å². The Kier molecular flexibility index (Phi) is 10.0. The Bertz CT molecular complexity index is 1250. The highest BCUT2D eigenvalue weighted by molar-refractivity contribution is 7.48. The first kappa shape index (κ1) is 31.1. The van der Waals surface area contributed by atoms with Gasteiger partial charge in [-0.2, -0.15) is 0 Å². The van der Waals surface area contributed by atoms with Crippen LogP contribution in [0.4, 0.5) is 5.82 Å². The van der Waals surface area contributed by atoms with E-state index in [1.54, 1.807) is 12.7 Å². The molecule has 5 atom stereocenters. The summed E-state index contributed by atoms with van der Waals surface area (Å²) in [4.78, 5) is 25.7. The number of hydrogen-bond acceptors (Lipinski definition) is 10. The van der Waals surface area contributed by atoms with Crippen molar-refractivity contribution in [3.8, 4) is 0 Å². The van der Waals surface area contributed by atoms with Crippen molar-refractivity contribution in [2.75, 3.05) is 66.7 Å². The number of nitrogens with zero attached hydrogens (tertiary/aromatic N) is 8. The standard InChI is InChI=1S/C28H43N8O5P/c1-19(2)23(20(3)4)42(39-11-8-29-5)41-24-22-27(40-28(24,15-38-22)14-35-9-12-37-13-10-35)36-18-32-21-25(33-17-34(6)7)30-16-31-26(21)36/h16-20,22-24,27H,8-15H2,1-4,6-7H3/b33-17+/t22-,24?,27+,28-,42?/m0/s1. The maximum atomic E-state index is 7.26. The van der Waals surface area contributed by atoms with Crippen molar-refractivity contribution in [3.63, 3.8) is 0 Å². The van der Waals surface area contributed by atoms with Crippen molar-refractivity contribution in [1.82, 2.24) is 29.3 Å². The van der Waals surface area contributed by atoms with E-state index in [-0.39, 0.29) is 11.8 Å². The maximum Gasteiger partial charge on any atom is 0.238 e. The van der Waals surface area contributed by atoms with Crippen LogP contribution >= 0.6 is 8.38 Å². The van der Waals surface area contributed by atoms with Crippen LogP contribution in [0.15, 0.2) is 17.6 Å². The molecule has 3 fully saturated rings. The summed E-state index contributed by atoms with van der Waals surface area (Å²) in [6.45, 7) is 20.8. The molecular weight excluding hydrogens is 559 g/mol. The lowest BCUT2D eigenvalue weighted by Crippen LogP contribution is -2.53. The highest BCUT2D eigenvalue weighted by Gasteiger charge is 2.64. The van der Waals surface area contributed by atoms with E-state index in [1.165, 1.54) is 6.33 Å². The van der Waals surface area contributed by atoms with Gasteiger partial charge in [0.25, 0.3) is 0 Å².